The summed E-state index contributed by atoms with van der Waals surface area (Å²) in [5.74, 6) is -0.568. The van der Waals surface area contributed by atoms with Crippen LogP contribution >= 0.6 is 0 Å². The third kappa shape index (κ3) is 10.8. The third-order valence-corrected chi connectivity index (χ3v) is 13.6. The van der Waals surface area contributed by atoms with Crippen molar-refractivity contribution in [1.29, 1.82) is 0 Å². The fourth-order valence-corrected chi connectivity index (χ4v) is 6.50. The minimum Gasteiger partial charge on any atom is -0.497 e. The Morgan fingerprint density at radius 2 is 1.48 bits per heavy atom. The first-order chi connectivity index (χ1) is 20.5. The fraction of sp³-hybridized carbons (Fsp3) is 0.611. The molecule has 0 saturated heterocycles. The van der Waals surface area contributed by atoms with Gasteiger partial charge in [0.2, 0.25) is 0 Å². The third-order valence-electron chi connectivity index (χ3n) is 9.08. The van der Waals surface area contributed by atoms with Crippen LogP contribution in [0.15, 0.2) is 54.6 Å². The molecule has 0 bridgehead atoms. The summed E-state index contributed by atoms with van der Waals surface area (Å²) in [7, 11) is -0.653. The monoisotopic (exact) mass is 628 g/mol. The number of ketones is 1. The van der Waals surface area contributed by atoms with Crippen LogP contribution in [0.1, 0.15) is 77.7 Å². The number of aliphatic hydroxyl groups is 1. The van der Waals surface area contributed by atoms with Crippen LogP contribution in [0.3, 0.4) is 0 Å². The molecular formula is C36H56O7Si. The van der Waals surface area contributed by atoms with Gasteiger partial charge >= 0.3 is 5.97 Å². The van der Waals surface area contributed by atoms with Crippen molar-refractivity contribution in [2.24, 2.45) is 23.7 Å². The zero-order chi connectivity index (χ0) is 33.2. The SMILES string of the molecule is COc1ccc(CO[C@H](C(C)C)[C@@H](C)[C@@H](O)CC(=O)[C@@H](C)[C@H](O[Si](C)(C)C(C)(C)C)[C@H](C)COC(=O)c2ccccc2)cc1. The van der Waals surface area contributed by atoms with Crippen LogP contribution in [0.25, 0.3) is 0 Å². The molecule has 2 aromatic rings. The van der Waals surface area contributed by atoms with Gasteiger partial charge in [-0.3, -0.25) is 4.79 Å². The molecule has 2 rings (SSSR count). The highest BCUT2D eigenvalue weighted by Gasteiger charge is 2.43. The number of benzene rings is 2. The molecular weight excluding hydrogens is 572 g/mol. The van der Waals surface area contributed by atoms with Gasteiger partial charge < -0.3 is 23.7 Å². The van der Waals surface area contributed by atoms with Gasteiger partial charge in [-0.25, -0.2) is 4.79 Å². The van der Waals surface area contributed by atoms with E-state index in [0.717, 1.165) is 11.3 Å². The first-order valence-electron chi connectivity index (χ1n) is 15.8. The second-order valence-corrected chi connectivity index (χ2v) is 18.8. The van der Waals surface area contributed by atoms with E-state index in [2.05, 4.69) is 47.7 Å². The van der Waals surface area contributed by atoms with Crippen molar-refractivity contribution in [3.8, 4) is 5.75 Å². The van der Waals surface area contributed by atoms with Gasteiger partial charge in [0.25, 0.3) is 0 Å². The molecule has 0 heterocycles. The summed E-state index contributed by atoms with van der Waals surface area (Å²) in [5, 5.41) is 11.2. The Bertz CT molecular complexity index is 1160. The summed E-state index contributed by atoms with van der Waals surface area (Å²) in [6.07, 6.45) is -1.61. The Morgan fingerprint density at radius 1 is 0.886 bits per heavy atom. The number of esters is 1. The highest BCUT2D eigenvalue weighted by Crippen LogP contribution is 2.39. The lowest BCUT2D eigenvalue weighted by atomic mass is 9.84. The number of ether oxygens (including phenoxy) is 3. The van der Waals surface area contributed by atoms with Crippen molar-refractivity contribution in [3.05, 3.63) is 65.7 Å². The molecule has 0 spiro atoms. The largest absolute Gasteiger partial charge is 0.497 e. The van der Waals surface area contributed by atoms with E-state index in [0.29, 0.717) is 12.2 Å². The van der Waals surface area contributed by atoms with Gasteiger partial charge in [-0.15, -0.1) is 0 Å². The lowest BCUT2D eigenvalue weighted by molar-refractivity contribution is -0.131. The van der Waals surface area contributed by atoms with Gasteiger partial charge in [-0.05, 0) is 53.9 Å². The topological polar surface area (TPSA) is 91.3 Å². The number of Topliss-reactive ketones (excluding diaryl/α,β-unsaturated/α-hetero) is 1. The Kier molecular flexibility index (Phi) is 14.3. The quantitative estimate of drug-likeness (QED) is 0.142. The van der Waals surface area contributed by atoms with Gasteiger partial charge in [-0.2, -0.15) is 0 Å². The Labute approximate surface area is 266 Å². The summed E-state index contributed by atoms with van der Waals surface area (Å²) in [4.78, 5) is 26.4. The van der Waals surface area contributed by atoms with E-state index in [1.54, 1.807) is 31.4 Å². The average Bonchev–Trinajstić information content (AvgIpc) is 2.98. The van der Waals surface area contributed by atoms with E-state index < -0.39 is 32.4 Å². The van der Waals surface area contributed by atoms with Crippen molar-refractivity contribution in [3.63, 3.8) is 0 Å². The molecule has 0 radical (unpaired) electrons. The molecule has 8 heteroatoms. The number of methoxy groups -OCH3 is 1. The molecule has 1 N–H and O–H groups in total. The number of hydrogen-bond acceptors (Lipinski definition) is 7. The summed E-state index contributed by atoms with van der Waals surface area (Å²) in [5.41, 5.74) is 1.49. The van der Waals surface area contributed by atoms with Crippen LogP contribution in [0.4, 0.5) is 0 Å². The zero-order valence-electron chi connectivity index (χ0n) is 28.8. The van der Waals surface area contributed by atoms with Crippen LogP contribution < -0.4 is 4.74 Å². The number of carbonyl (C=O) groups excluding carboxylic acids is 2. The van der Waals surface area contributed by atoms with Crippen LogP contribution in [0, 0.1) is 23.7 Å². The molecule has 246 valence electrons. The van der Waals surface area contributed by atoms with Crippen LogP contribution in [0.5, 0.6) is 5.75 Å². The molecule has 6 atom stereocenters. The summed E-state index contributed by atoms with van der Waals surface area (Å²) >= 11 is 0. The fourth-order valence-electron chi connectivity index (χ4n) is 5.03. The van der Waals surface area contributed by atoms with E-state index in [1.807, 2.05) is 51.1 Å². The van der Waals surface area contributed by atoms with Crippen LogP contribution in [0.2, 0.25) is 18.1 Å². The number of hydrogen-bond donors (Lipinski definition) is 1. The summed E-state index contributed by atoms with van der Waals surface area (Å²) in [6.45, 7) is 21.2. The molecule has 7 nitrogen and oxygen atoms in total. The van der Waals surface area contributed by atoms with Gasteiger partial charge in [0, 0.05) is 24.2 Å². The molecule has 0 aliphatic carbocycles. The smallest absolute Gasteiger partial charge is 0.338 e. The lowest BCUT2D eigenvalue weighted by Gasteiger charge is -2.42. The highest BCUT2D eigenvalue weighted by molar-refractivity contribution is 6.74. The summed E-state index contributed by atoms with van der Waals surface area (Å²) < 4.78 is 24.0. The molecule has 0 aliphatic rings. The zero-order valence-corrected chi connectivity index (χ0v) is 29.8. The van der Waals surface area contributed by atoms with Crippen molar-refractivity contribution in [2.45, 2.75) is 105 Å². The van der Waals surface area contributed by atoms with E-state index in [1.165, 1.54) is 0 Å². The van der Waals surface area contributed by atoms with E-state index in [4.69, 9.17) is 18.6 Å². The highest BCUT2D eigenvalue weighted by atomic mass is 28.4. The van der Waals surface area contributed by atoms with Crippen LogP contribution in [-0.4, -0.2) is 57.2 Å². The molecule has 0 saturated carbocycles. The molecule has 44 heavy (non-hydrogen) atoms. The van der Waals surface area contributed by atoms with E-state index >= 15 is 0 Å². The average molecular weight is 629 g/mol. The van der Waals surface area contributed by atoms with Gasteiger partial charge in [0.15, 0.2) is 8.32 Å². The predicted octanol–water partition coefficient (Wildman–Crippen LogP) is 7.71. The Balaban J connectivity index is 2.14. The number of rotatable bonds is 17. The van der Waals surface area contributed by atoms with Crippen molar-refractivity contribution in [2.75, 3.05) is 13.7 Å². The van der Waals surface area contributed by atoms with Crippen LogP contribution in [-0.2, 0) is 25.3 Å². The molecule has 0 fully saturated rings. The van der Waals surface area contributed by atoms with Crippen molar-refractivity contribution in [1.82, 2.24) is 0 Å². The Morgan fingerprint density at radius 3 is 2.00 bits per heavy atom. The normalized spacial score (nSPS) is 16.5. The van der Waals surface area contributed by atoms with Gasteiger partial charge in [0.1, 0.15) is 11.5 Å². The second-order valence-electron chi connectivity index (χ2n) is 14.0. The molecule has 0 unspecified atom stereocenters. The first-order valence-corrected chi connectivity index (χ1v) is 18.7. The minimum absolute atomic E-state index is 0.00860. The number of aliphatic hydroxyl groups excluding tert-OH is 1. The maximum Gasteiger partial charge on any atom is 0.338 e. The minimum atomic E-state index is -2.29. The predicted molar refractivity (Wildman–Crippen MR) is 178 cm³/mol. The maximum absolute atomic E-state index is 13.7. The van der Waals surface area contributed by atoms with Gasteiger partial charge in [0.05, 0.1) is 44.2 Å². The maximum atomic E-state index is 13.7. The standard InChI is InChI=1S/C36H56O7Si/c1-24(2)33(41-23-28-17-19-30(40-9)20-18-28)26(4)31(37)21-32(38)27(5)34(43-44(10,11)36(6,7)8)25(3)22-42-35(39)29-15-13-12-14-16-29/h12-20,24-27,31,33-34,37H,21-23H2,1-11H3/t25-,26+,27-,31+,33-,34-/m1/s1. The second kappa shape index (κ2) is 16.7. The number of carbonyl (C=O) groups is 2. The van der Waals surface area contributed by atoms with E-state index in [9.17, 15) is 14.7 Å². The Hall–Kier alpha value is -2.52. The lowest BCUT2D eigenvalue weighted by Crippen LogP contribution is -2.49. The van der Waals surface area contributed by atoms with Gasteiger partial charge in [-0.1, -0.05) is 85.7 Å². The first kappa shape index (κ1) is 37.7. The van der Waals surface area contributed by atoms with E-state index in [-0.39, 0.29) is 47.7 Å². The molecule has 0 amide bonds. The molecule has 0 aliphatic heterocycles. The summed E-state index contributed by atoms with van der Waals surface area (Å²) in [6, 6.07) is 16.6. The van der Waals surface area contributed by atoms with Crippen molar-refractivity contribution < 1.29 is 33.3 Å². The molecule has 2 aromatic carbocycles. The molecule has 0 aromatic heterocycles. The van der Waals surface area contributed by atoms with Crippen molar-refractivity contribution >= 4 is 20.1 Å².